The molecule has 0 aliphatic carbocycles. The van der Waals surface area contributed by atoms with Crippen LogP contribution in [0.25, 0.3) is 17.0 Å². The van der Waals surface area contributed by atoms with Crippen molar-refractivity contribution in [3.05, 3.63) is 71.6 Å². The molecule has 0 amide bonds. The lowest BCUT2D eigenvalue weighted by molar-refractivity contribution is 0.415. The van der Waals surface area contributed by atoms with Crippen molar-refractivity contribution in [2.45, 2.75) is 20.4 Å². The van der Waals surface area contributed by atoms with Crippen LogP contribution in [0.5, 0.6) is 5.75 Å². The fraction of sp³-hybridized carbons (Fsp3) is 0.227. The predicted molar refractivity (Wildman–Crippen MR) is 104 cm³/mol. The minimum Gasteiger partial charge on any atom is -0.497 e. The first-order chi connectivity index (χ1) is 12.2. The molecule has 1 aliphatic heterocycles. The summed E-state index contributed by atoms with van der Waals surface area (Å²) in [6.45, 7) is 5.31. The Bertz CT molecular complexity index is 945. The molecule has 0 atom stereocenters. The molecule has 0 saturated carbocycles. The van der Waals surface area contributed by atoms with Crippen LogP contribution >= 0.6 is 0 Å². The van der Waals surface area contributed by atoms with Gasteiger partial charge in [-0.3, -0.25) is 0 Å². The number of benzene rings is 2. The van der Waals surface area contributed by atoms with Gasteiger partial charge in [0.1, 0.15) is 5.75 Å². The Morgan fingerprint density at radius 3 is 2.56 bits per heavy atom. The summed E-state index contributed by atoms with van der Waals surface area (Å²) in [4.78, 5) is 7.28. The highest BCUT2D eigenvalue weighted by Gasteiger charge is 2.22. The van der Waals surface area contributed by atoms with Crippen molar-refractivity contribution < 1.29 is 4.74 Å². The zero-order valence-electron chi connectivity index (χ0n) is 14.9. The Kier molecular flexibility index (Phi) is 3.92. The van der Waals surface area contributed by atoms with E-state index in [1.807, 2.05) is 12.1 Å². The molecular formula is C22H22N2O. The van der Waals surface area contributed by atoms with Gasteiger partial charge in [0, 0.05) is 23.3 Å². The molecule has 3 heteroatoms. The van der Waals surface area contributed by atoms with E-state index in [9.17, 15) is 0 Å². The van der Waals surface area contributed by atoms with E-state index in [0.29, 0.717) is 5.92 Å². The van der Waals surface area contributed by atoms with Gasteiger partial charge in [0.2, 0.25) is 0 Å². The molecule has 3 nitrogen and oxygen atoms in total. The normalized spacial score (nSPS) is 13.8. The van der Waals surface area contributed by atoms with E-state index in [1.54, 1.807) is 7.11 Å². The van der Waals surface area contributed by atoms with E-state index >= 15 is 0 Å². The first-order valence-electron chi connectivity index (χ1n) is 8.67. The minimum absolute atomic E-state index is 0.432. The summed E-state index contributed by atoms with van der Waals surface area (Å²) in [5.41, 5.74) is 5.85. The zero-order valence-corrected chi connectivity index (χ0v) is 14.9. The number of aromatic nitrogens is 1. The molecule has 4 rings (SSSR count). The summed E-state index contributed by atoms with van der Waals surface area (Å²) in [6, 6.07) is 18.9. The third kappa shape index (κ3) is 2.86. The topological polar surface area (TPSA) is 25.4 Å². The third-order valence-corrected chi connectivity index (χ3v) is 4.72. The maximum Gasteiger partial charge on any atom is 0.119 e. The molecule has 3 aromatic rings. The Hall–Kier alpha value is -2.81. The molecule has 0 N–H and O–H groups in total. The van der Waals surface area contributed by atoms with Gasteiger partial charge in [-0.15, -0.1) is 0 Å². The molecule has 2 heterocycles. The van der Waals surface area contributed by atoms with Gasteiger partial charge in [-0.25, -0.2) is 4.98 Å². The van der Waals surface area contributed by atoms with Crippen molar-refractivity contribution in [1.29, 1.82) is 0 Å². The maximum atomic E-state index is 5.36. The Labute approximate surface area is 148 Å². The number of nitrogens with zero attached hydrogens (tertiary/aromatic N) is 2. The summed E-state index contributed by atoms with van der Waals surface area (Å²) in [7, 11) is 1.70. The molecule has 25 heavy (non-hydrogen) atoms. The molecule has 0 unspecified atom stereocenters. The van der Waals surface area contributed by atoms with Crippen LogP contribution in [-0.2, 0) is 6.54 Å². The predicted octanol–water partition coefficient (Wildman–Crippen LogP) is 5.26. The van der Waals surface area contributed by atoms with Crippen LogP contribution in [0.15, 0.2) is 60.3 Å². The fourth-order valence-corrected chi connectivity index (χ4v) is 3.40. The van der Waals surface area contributed by atoms with E-state index in [1.165, 1.54) is 16.9 Å². The summed E-state index contributed by atoms with van der Waals surface area (Å²) < 4.78 is 5.36. The van der Waals surface area contributed by atoms with Crippen LogP contribution in [0.3, 0.4) is 0 Å². The quantitative estimate of drug-likeness (QED) is 0.655. The molecule has 0 saturated heterocycles. The third-order valence-electron chi connectivity index (χ3n) is 4.72. The minimum atomic E-state index is 0.432. The van der Waals surface area contributed by atoms with Crippen molar-refractivity contribution in [3.8, 4) is 5.75 Å². The summed E-state index contributed by atoms with van der Waals surface area (Å²) >= 11 is 0. The zero-order chi connectivity index (χ0) is 17.4. The Morgan fingerprint density at radius 1 is 1.04 bits per heavy atom. The second-order valence-corrected chi connectivity index (χ2v) is 6.74. The van der Waals surface area contributed by atoms with E-state index in [0.717, 1.165) is 28.9 Å². The van der Waals surface area contributed by atoms with Crippen molar-refractivity contribution in [2.75, 3.05) is 12.0 Å². The number of hydrogen-bond acceptors (Lipinski definition) is 3. The van der Waals surface area contributed by atoms with Gasteiger partial charge >= 0.3 is 0 Å². The van der Waals surface area contributed by atoms with Crippen LogP contribution in [-0.4, -0.2) is 12.1 Å². The lowest BCUT2D eigenvalue weighted by atomic mass is 9.98. The molecule has 0 radical (unpaired) electrons. The molecule has 0 spiro atoms. The molecule has 2 aromatic carbocycles. The fourth-order valence-electron chi connectivity index (χ4n) is 3.40. The highest BCUT2D eigenvalue weighted by molar-refractivity contribution is 5.83. The second-order valence-electron chi connectivity index (χ2n) is 6.74. The van der Waals surface area contributed by atoms with E-state index in [4.69, 9.17) is 9.72 Å². The summed E-state index contributed by atoms with van der Waals surface area (Å²) in [5.74, 6) is 1.30. The van der Waals surface area contributed by atoms with Gasteiger partial charge in [0.15, 0.2) is 0 Å². The lowest BCUT2D eigenvalue weighted by Gasteiger charge is -2.34. The molecule has 0 bridgehead atoms. The van der Waals surface area contributed by atoms with E-state index in [-0.39, 0.29) is 0 Å². The van der Waals surface area contributed by atoms with Crippen LogP contribution in [0.1, 0.15) is 25.1 Å². The lowest BCUT2D eigenvalue weighted by Crippen LogP contribution is -2.28. The summed E-state index contributed by atoms with van der Waals surface area (Å²) in [6.07, 6.45) is 2.24. The van der Waals surface area contributed by atoms with Crippen LogP contribution in [0, 0.1) is 5.92 Å². The monoisotopic (exact) mass is 330 g/mol. The first kappa shape index (κ1) is 15.7. The van der Waals surface area contributed by atoms with Gasteiger partial charge in [-0.05, 0) is 54.0 Å². The number of fused-ring (bicyclic) bond motifs is 2. The number of hydrogen-bond donors (Lipinski definition) is 0. The number of allylic oxidation sites excluding steroid dienone is 1. The number of rotatable bonds is 3. The number of pyridine rings is 1. The largest absolute Gasteiger partial charge is 0.497 e. The van der Waals surface area contributed by atoms with E-state index < -0.39 is 0 Å². The molecule has 0 fully saturated rings. The van der Waals surface area contributed by atoms with Crippen LogP contribution in [0.2, 0.25) is 0 Å². The molecule has 1 aliphatic rings. The average Bonchev–Trinajstić information content (AvgIpc) is 2.65. The summed E-state index contributed by atoms with van der Waals surface area (Å²) in [5, 5.41) is 1.12. The average molecular weight is 330 g/mol. The van der Waals surface area contributed by atoms with Gasteiger partial charge < -0.3 is 9.64 Å². The van der Waals surface area contributed by atoms with E-state index in [2.05, 4.69) is 67.3 Å². The van der Waals surface area contributed by atoms with Gasteiger partial charge in [0.05, 0.1) is 18.3 Å². The second kappa shape index (κ2) is 6.25. The number of methoxy groups -OCH3 is 1. The maximum absolute atomic E-state index is 5.36. The van der Waals surface area contributed by atoms with Crippen LogP contribution in [0.4, 0.5) is 5.69 Å². The van der Waals surface area contributed by atoms with Crippen LogP contribution < -0.4 is 9.64 Å². The van der Waals surface area contributed by atoms with Gasteiger partial charge in [-0.1, -0.05) is 32.0 Å². The molecular weight excluding hydrogens is 308 g/mol. The van der Waals surface area contributed by atoms with Crippen molar-refractivity contribution in [1.82, 2.24) is 4.98 Å². The van der Waals surface area contributed by atoms with Crippen molar-refractivity contribution in [3.63, 3.8) is 0 Å². The Balaban J connectivity index is 1.85. The van der Waals surface area contributed by atoms with Crippen molar-refractivity contribution in [2.24, 2.45) is 5.92 Å². The van der Waals surface area contributed by atoms with Gasteiger partial charge in [0.25, 0.3) is 0 Å². The number of ether oxygens (including phenoxy) is 1. The molecule has 126 valence electrons. The number of para-hydroxylation sites is 1. The first-order valence-corrected chi connectivity index (χ1v) is 8.67. The number of anilines is 1. The van der Waals surface area contributed by atoms with Gasteiger partial charge in [-0.2, -0.15) is 0 Å². The smallest absolute Gasteiger partial charge is 0.119 e. The standard InChI is InChI=1S/C22H22N2O/c1-15(2)22-13-21-17(14-24(22)18-7-5-4-6-8-18)11-16-12-19(25-3)9-10-20(16)23-21/h4-13,15H,14H2,1-3H3. The molecule has 1 aromatic heterocycles. The SMILES string of the molecule is COc1ccc2nc3c(cc2c1)CN(c1ccccc1)C(C(C)C)=C3. The van der Waals surface area contributed by atoms with Crippen molar-refractivity contribution >= 4 is 22.7 Å². The highest BCUT2D eigenvalue weighted by atomic mass is 16.5. The highest BCUT2D eigenvalue weighted by Crippen LogP contribution is 2.34. The Morgan fingerprint density at radius 2 is 1.84 bits per heavy atom.